The van der Waals surface area contributed by atoms with Crippen molar-refractivity contribution in [2.75, 3.05) is 0 Å². The molecule has 3 fully saturated rings. The maximum absolute atomic E-state index is 11.0. The second kappa shape index (κ2) is 4.98. The number of allylic oxidation sites excluding steroid dienone is 2. The van der Waals surface area contributed by atoms with Gasteiger partial charge in [0.25, 0.3) is 0 Å². The Bertz CT molecular complexity index is 472. The highest BCUT2D eigenvalue weighted by Crippen LogP contribution is 2.75. The van der Waals surface area contributed by atoms with E-state index in [2.05, 4.69) is 40.3 Å². The van der Waals surface area contributed by atoms with Crippen LogP contribution in [0, 0.1) is 28.6 Å². The molecule has 3 rings (SSSR count). The smallest absolute Gasteiger partial charge is 0.0644 e. The molecule has 6 unspecified atom stereocenters. The van der Waals surface area contributed by atoms with Gasteiger partial charge in [-0.25, -0.2) is 0 Å². The molecule has 0 aromatic carbocycles. The molecule has 1 heteroatoms. The number of fused-ring (bicyclic) bond motifs is 1. The molecule has 0 aromatic rings. The summed E-state index contributed by atoms with van der Waals surface area (Å²) in [5, 5.41) is 11.0. The quantitative estimate of drug-likeness (QED) is 0.715. The van der Waals surface area contributed by atoms with Crippen molar-refractivity contribution in [3.05, 3.63) is 23.8 Å². The van der Waals surface area contributed by atoms with Crippen molar-refractivity contribution in [3.8, 4) is 0 Å². The molecule has 6 atom stereocenters. The molecule has 1 nitrogen and oxygen atoms in total. The predicted octanol–water partition coefficient (Wildman–Crippen LogP) is 5.11. The minimum atomic E-state index is -0.160. The SMILES string of the molecule is C=C1CCC2CC3C(C)CC(O)C13C2(C)CCC=C(C)C. The fraction of sp³-hybridized carbons (Fsp3) is 0.800. The van der Waals surface area contributed by atoms with Gasteiger partial charge in [0.15, 0.2) is 0 Å². The largest absolute Gasteiger partial charge is 0.392 e. The first kappa shape index (κ1) is 15.3. The first-order chi connectivity index (χ1) is 9.84. The van der Waals surface area contributed by atoms with E-state index in [4.69, 9.17) is 0 Å². The molecule has 1 spiro atoms. The number of aliphatic hydroxyl groups excluding tert-OH is 1. The Labute approximate surface area is 130 Å². The van der Waals surface area contributed by atoms with Crippen LogP contribution < -0.4 is 0 Å². The minimum Gasteiger partial charge on any atom is -0.392 e. The lowest BCUT2D eigenvalue weighted by molar-refractivity contribution is -0.0530. The van der Waals surface area contributed by atoms with Crippen molar-refractivity contribution in [3.63, 3.8) is 0 Å². The van der Waals surface area contributed by atoms with Crippen LogP contribution in [0.25, 0.3) is 0 Å². The summed E-state index contributed by atoms with van der Waals surface area (Å²) in [6.07, 6.45) is 9.31. The van der Waals surface area contributed by atoms with Crippen molar-refractivity contribution in [2.24, 2.45) is 28.6 Å². The Balaban J connectivity index is 1.99. The fourth-order valence-corrected chi connectivity index (χ4v) is 6.49. The van der Waals surface area contributed by atoms with Gasteiger partial charge in [-0.1, -0.05) is 37.6 Å². The third-order valence-corrected chi connectivity index (χ3v) is 7.37. The van der Waals surface area contributed by atoms with Crippen LogP contribution in [-0.4, -0.2) is 11.2 Å². The Morgan fingerprint density at radius 3 is 2.76 bits per heavy atom. The molecule has 0 aromatic heterocycles. The lowest BCUT2D eigenvalue weighted by atomic mass is 9.51. The number of aliphatic hydroxyl groups is 1. The zero-order valence-electron chi connectivity index (χ0n) is 14.3. The predicted molar refractivity (Wildman–Crippen MR) is 89.0 cm³/mol. The van der Waals surface area contributed by atoms with Crippen molar-refractivity contribution in [1.29, 1.82) is 0 Å². The summed E-state index contributed by atoms with van der Waals surface area (Å²) in [6.45, 7) is 13.7. The average Bonchev–Trinajstić information content (AvgIpc) is 2.70. The van der Waals surface area contributed by atoms with Gasteiger partial charge in [0, 0.05) is 5.41 Å². The van der Waals surface area contributed by atoms with Crippen LogP contribution in [0.15, 0.2) is 23.8 Å². The number of rotatable bonds is 3. The van der Waals surface area contributed by atoms with Crippen LogP contribution in [0.1, 0.15) is 66.2 Å². The number of hydrogen-bond donors (Lipinski definition) is 1. The Hall–Kier alpha value is -0.560. The van der Waals surface area contributed by atoms with Gasteiger partial charge in [0.2, 0.25) is 0 Å². The molecule has 1 N–H and O–H groups in total. The van der Waals surface area contributed by atoms with Gasteiger partial charge in [-0.15, -0.1) is 0 Å². The fourth-order valence-electron chi connectivity index (χ4n) is 6.49. The van der Waals surface area contributed by atoms with Gasteiger partial charge in [-0.2, -0.15) is 0 Å². The standard InChI is InChI=1S/C20H32O/c1-13(2)7-6-10-19(5)16-9-8-15(4)20(19)17(12-16)14(3)11-18(20)21/h7,14,16-18,21H,4,6,8-12H2,1-3,5H3. The number of hydrogen-bond acceptors (Lipinski definition) is 1. The topological polar surface area (TPSA) is 20.2 Å². The Morgan fingerprint density at radius 2 is 2.10 bits per heavy atom. The van der Waals surface area contributed by atoms with Crippen molar-refractivity contribution in [2.45, 2.75) is 72.3 Å². The molecule has 2 bridgehead atoms. The molecule has 0 amide bonds. The molecule has 118 valence electrons. The molecule has 0 radical (unpaired) electrons. The van der Waals surface area contributed by atoms with Gasteiger partial charge < -0.3 is 5.11 Å². The zero-order chi connectivity index (χ0) is 15.4. The Morgan fingerprint density at radius 1 is 1.38 bits per heavy atom. The molecule has 3 aliphatic carbocycles. The summed E-state index contributed by atoms with van der Waals surface area (Å²) in [6, 6.07) is 0. The second-order valence-electron chi connectivity index (χ2n) is 8.52. The lowest BCUT2D eigenvalue weighted by Gasteiger charge is -2.53. The summed E-state index contributed by atoms with van der Waals surface area (Å²) in [4.78, 5) is 0. The van der Waals surface area contributed by atoms with Crippen LogP contribution >= 0.6 is 0 Å². The molecule has 0 saturated heterocycles. The van der Waals surface area contributed by atoms with Gasteiger partial charge >= 0.3 is 0 Å². The highest BCUT2D eigenvalue weighted by molar-refractivity contribution is 5.32. The van der Waals surface area contributed by atoms with Crippen LogP contribution in [0.3, 0.4) is 0 Å². The molecule has 0 aliphatic heterocycles. The maximum atomic E-state index is 11.0. The second-order valence-corrected chi connectivity index (χ2v) is 8.52. The summed E-state index contributed by atoms with van der Waals surface area (Å²) in [5.41, 5.74) is 3.06. The third-order valence-electron chi connectivity index (χ3n) is 7.37. The van der Waals surface area contributed by atoms with Crippen molar-refractivity contribution < 1.29 is 5.11 Å². The molecular formula is C20H32O. The summed E-state index contributed by atoms with van der Waals surface area (Å²) < 4.78 is 0. The van der Waals surface area contributed by atoms with E-state index in [1.807, 2.05) is 0 Å². The summed E-state index contributed by atoms with van der Waals surface area (Å²) >= 11 is 0. The lowest BCUT2D eigenvalue weighted by Crippen LogP contribution is -2.50. The van der Waals surface area contributed by atoms with E-state index in [1.54, 1.807) is 0 Å². The van der Waals surface area contributed by atoms with Gasteiger partial charge in [0.05, 0.1) is 6.10 Å². The van der Waals surface area contributed by atoms with E-state index < -0.39 is 0 Å². The van der Waals surface area contributed by atoms with Crippen molar-refractivity contribution in [1.82, 2.24) is 0 Å². The van der Waals surface area contributed by atoms with E-state index in [0.717, 1.165) is 25.2 Å². The third kappa shape index (κ3) is 1.86. The van der Waals surface area contributed by atoms with Crippen molar-refractivity contribution >= 4 is 0 Å². The summed E-state index contributed by atoms with van der Waals surface area (Å²) in [5.74, 6) is 2.11. The Kier molecular flexibility index (Phi) is 3.64. The van der Waals surface area contributed by atoms with E-state index in [0.29, 0.717) is 11.8 Å². The van der Waals surface area contributed by atoms with Crippen LogP contribution in [0.4, 0.5) is 0 Å². The van der Waals surface area contributed by atoms with E-state index in [-0.39, 0.29) is 16.9 Å². The average molecular weight is 288 g/mol. The molecule has 0 heterocycles. The van der Waals surface area contributed by atoms with E-state index in [1.165, 1.54) is 30.4 Å². The van der Waals surface area contributed by atoms with Gasteiger partial charge in [-0.05, 0) is 75.5 Å². The zero-order valence-corrected chi connectivity index (χ0v) is 14.3. The van der Waals surface area contributed by atoms with E-state index in [9.17, 15) is 5.11 Å². The minimum absolute atomic E-state index is 0.0187. The summed E-state index contributed by atoms with van der Waals surface area (Å²) in [7, 11) is 0. The van der Waals surface area contributed by atoms with E-state index >= 15 is 0 Å². The first-order valence-corrected chi connectivity index (χ1v) is 8.83. The monoisotopic (exact) mass is 288 g/mol. The van der Waals surface area contributed by atoms with Gasteiger partial charge in [-0.3, -0.25) is 0 Å². The molecular weight excluding hydrogens is 256 g/mol. The van der Waals surface area contributed by atoms with Crippen LogP contribution in [0.2, 0.25) is 0 Å². The highest BCUT2D eigenvalue weighted by Gasteiger charge is 2.70. The van der Waals surface area contributed by atoms with Gasteiger partial charge in [0.1, 0.15) is 0 Å². The molecule has 3 saturated carbocycles. The first-order valence-electron chi connectivity index (χ1n) is 8.83. The van der Waals surface area contributed by atoms with Crippen LogP contribution in [0.5, 0.6) is 0 Å². The molecule has 21 heavy (non-hydrogen) atoms. The van der Waals surface area contributed by atoms with Crippen LogP contribution in [-0.2, 0) is 0 Å². The maximum Gasteiger partial charge on any atom is 0.0644 e. The highest BCUT2D eigenvalue weighted by atomic mass is 16.3. The molecule has 3 aliphatic rings. The normalized spacial score (nSPS) is 48.3.